The fraction of sp³-hybridized carbons (Fsp3) is 0.444. The van der Waals surface area contributed by atoms with Gasteiger partial charge in [0.1, 0.15) is 6.04 Å². The summed E-state index contributed by atoms with van der Waals surface area (Å²) in [5.41, 5.74) is 3.99. The number of nitrogens with zero attached hydrogens (tertiary/aromatic N) is 3. The van der Waals surface area contributed by atoms with Gasteiger partial charge in [-0.05, 0) is 39.8 Å². The molecule has 2 aromatic rings. The Bertz CT molecular complexity index is 705. The van der Waals surface area contributed by atoms with Gasteiger partial charge in [0.25, 0.3) is 0 Å². The lowest BCUT2D eigenvalue weighted by atomic mass is 9.99. The van der Waals surface area contributed by atoms with E-state index >= 15 is 0 Å². The predicted octanol–water partition coefficient (Wildman–Crippen LogP) is 2.37. The monoisotopic (exact) mass is 312 g/mol. The molecule has 1 fully saturated rings. The second-order valence-electron chi connectivity index (χ2n) is 6.36. The van der Waals surface area contributed by atoms with Crippen LogP contribution in [0.3, 0.4) is 0 Å². The Hall–Kier alpha value is -2.14. The van der Waals surface area contributed by atoms with Gasteiger partial charge in [-0.15, -0.1) is 0 Å². The Balaban J connectivity index is 2.09. The van der Waals surface area contributed by atoms with Crippen LogP contribution in [0.5, 0.6) is 0 Å². The highest BCUT2D eigenvalue weighted by Crippen LogP contribution is 2.31. The molecule has 1 aliphatic rings. The average Bonchev–Trinajstić information content (AvgIpc) is 2.83. The van der Waals surface area contributed by atoms with Crippen LogP contribution in [0, 0.1) is 13.8 Å². The van der Waals surface area contributed by atoms with Crippen molar-refractivity contribution in [3.63, 3.8) is 0 Å². The summed E-state index contributed by atoms with van der Waals surface area (Å²) in [6, 6.07) is 10.1. The van der Waals surface area contributed by atoms with Crippen molar-refractivity contribution in [1.29, 1.82) is 0 Å². The molecule has 1 saturated heterocycles. The van der Waals surface area contributed by atoms with Gasteiger partial charge in [-0.2, -0.15) is 5.10 Å². The summed E-state index contributed by atoms with van der Waals surface area (Å²) in [5.74, 6) is 0.0729. The van der Waals surface area contributed by atoms with Gasteiger partial charge in [-0.25, -0.2) is 4.68 Å². The Morgan fingerprint density at radius 1 is 1.22 bits per heavy atom. The molecule has 2 heterocycles. The highest BCUT2D eigenvalue weighted by molar-refractivity contribution is 5.84. The van der Waals surface area contributed by atoms with Crippen molar-refractivity contribution in [2.75, 3.05) is 13.1 Å². The minimum Gasteiger partial charge on any atom is -0.353 e. The lowest BCUT2D eigenvalue weighted by molar-refractivity contribution is -0.130. The molecule has 1 N–H and O–H groups in total. The maximum absolute atomic E-state index is 12.6. The number of hydrogen-bond acceptors (Lipinski definition) is 3. The van der Waals surface area contributed by atoms with E-state index < -0.39 is 0 Å². The van der Waals surface area contributed by atoms with Gasteiger partial charge < -0.3 is 5.32 Å². The van der Waals surface area contributed by atoms with E-state index in [1.807, 2.05) is 48.9 Å². The average molecular weight is 312 g/mol. The summed E-state index contributed by atoms with van der Waals surface area (Å²) in [6.07, 6.45) is 0. The summed E-state index contributed by atoms with van der Waals surface area (Å²) in [5, 5.41) is 7.70. The number of carbonyl (C=O) groups is 1. The van der Waals surface area contributed by atoms with E-state index in [0.717, 1.165) is 29.2 Å². The van der Waals surface area contributed by atoms with Crippen LogP contribution in [0.1, 0.15) is 36.8 Å². The standard InChI is InChI=1S/C18H24N4O/c1-12(2)21-11-10-19-18(23)17(21)16-13(3)20-22(14(16)4)15-8-6-5-7-9-15/h5-9,12,17H,10-11H2,1-4H3,(H,19,23)/t17-/m1/s1. The number of amides is 1. The molecule has 1 aromatic heterocycles. The van der Waals surface area contributed by atoms with Crippen LogP contribution in [0.4, 0.5) is 0 Å². The highest BCUT2D eigenvalue weighted by Gasteiger charge is 2.36. The van der Waals surface area contributed by atoms with Gasteiger partial charge in [0.2, 0.25) is 5.91 Å². The van der Waals surface area contributed by atoms with Gasteiger partial charge in [0.05, 0.1) is 11.4 Å². The topological polar surface area (TPSA) is 50.2 Å². The van der Waals surface area contributed by atoms with Gasteiger partial charge in [0.15, 0.2) is 0 Å². The number of nitrogens with one attached hydrogen (secondary N) is 1. The molecule has 0 bridgehead atoms. The lowest BCUT2D eigenvalue weighted by Gasteiger charge is -2.38. The third-order valence-electron chi connectivity index (χ3n) is 4.53. The molecule has 1 amide bonds. The van der Waals surface area contributed by atoms with E-state index in [9.17, 15) is 4.79 Å². The molecule has 1 aliphatic heterocycles. The Morgan fingerprint density at radius 3 is 2.57 bits per heavy atom. The minimum absolute atomic E-state index is 0.0729. The smallest absolute Gasteiger partial charge is 0.242 e. The van der Waals surface area contributed by atoms with Crippen LogP contribution >= 0.6 is 0 Å². The summed E-state index contributed by atoms with van der Waals surface area (Å²) in [4.78, 5) is 14.8. The number of carbonyl (C=O) groups excluding carboxylic acids is 1. The molecule has 0 saturated carbocycles. The molecule has 23 heavy (non-hydrogen) atoms. The fourth-order valence-corrected chi connectivity index (χ4v) is 3.41. The Labute approximate surface area is 137 Å². The summed E-state index contributed by atoms with van der Waals surface area (Å²) >= 11 is 0. The van der Waals surface area contributed by atoms with Crippen molar-refractivity contribution in [3.05, 3.63) is 47.3 Å². The number of aryl methyl sites for hydroxylation is 1. The largest absolute Gasteiger partial charge is 0.353 e. The molecule has 0 radical (unpaired) electrons. The van der Waals surface area contributed by atoms with E-state index in [1.165, 1.54) is 0 Å². The number of hydrogen-bond donors (Lipinski definition) is 1. The zero-order chi connectivity index (χ0) is 16.6. The fourth-order valence-electron chi connectivity index (χ4n) is 3.41. The molecule has 5 heteroatoms. The zero-order valence-electron chi connectivity index (χ0n) is 14.2. The lowest BCUT2D eigenvalue weighted by Crippen LogP contribution is -2.52. The molecular weight excluding hydrogens is 288 g/mol. The van der Waals surface area contributed by atoms with E-state index in [1.54, 1.807) is 0 Å². The van der Waals surface area contributed by atoms with Crippen molar-refractivity contribution in [3.8, 4) is 5.69 Å². The second kappa shape index (κ2) is 6.16. The van der Waals surface area contributed by atoms with E-state index in [0.29, 0.717) is 12.6 Å². The molecule has 5 nitrogen and oxygen atoms in total. The van der Waals surface area contributed by atoms with Crippen LogP contribution in [0.25, 0.3) is 5.69 Å². The summed E-state index contributed by atoms with van der Waals surface area (Å²) < 4.78 is 1.94. The number of rotatable bonds is 3. The molecule has 1 atom stereocenters. The van der Waals surface area contributed by atoms with E-state index in [2.05, 4.69) is 24.1 Å². The molecule has 0 spiro atoms. The van der Waals surface area contributed by atoms with Crippen molar-refractivity contribution in [1.82, 2.24) is 20.0 Å². The summed E-state index contributed by atoms with van der Waals surface area (Å²) in [6.45, 7) is 9.88. The normalized spacial score (nSPS) is 19.2. The van der Waals surface area contributed by atoms with Crippen LogP contribution in [-0.2, 0) is 4.79 Å². The highest BCUT2D eigenvalue weighted by atomic mass is 16.2. The second-order valence-corrected chi connectivity index (χ2v) is 6.36. The van der Waals surface area contributed by atoms with Crippen molar-refractivity contribution < 1.29 is 4.79 Å². The zero-order valence-corrected chi connectivity index (χ0v) is 14.2. The van der Waals surface area contributed by atoms with E-state index in [-0.39, 0.29) is 11.9 Å². The molecular formula is C18H24N4O. The number of aromatic nitrogens is 2. The first-order chi connectivity index (χ1) is 11.0. The quantitative estimate of drug-likeness (QED) is 0.946. The van der Waals surface area contributed by atoms with Crippen molar-refractivity contribution in [2.45, 2.75) is 39.8 Å². The van der Waals surface area contributed by atoms with Crippen molar-refractivity contribution >= 4 is 5.91 Å². The van der Waals surface area contributed by atoms with Gasteiger partial charge in [0, 0.05) is 30.4 Å². The minimum atomic E-state index is -0.263. The van der Waals surface area contributed by atoms with Crippen LogP contribution in [0.2, 0.25) is 0 Å². The van der Waals surface area contributed by atoms with Crippen LogP contribution in [0.15, 0.2) is 30.3 Å². The number of para-hydroxylation sites is 1. The molecule has 3 rings (SSSR count). The third kappa shape index (κ3) is 2.77. The molecule has 0 aliphatic carbocycles. The van der Waals surface area contributed by atoms with Crippen molar-refractivity contribution in [2.24, 2.45) is 0 Å². The maximum atomic E-state index is 12.6. The number of benzene rings is 1. The van der Waals surface area contributed by atoms with Gasteiger partial charge >= 0.3 is 0 Å². The molecule has 122 valence electrons. The Kier molecular flexibility index (Phi) is 4.22. The first-order valence-corrected chi connectivity index (χ1v) is 8.15. The third-order valence-corrected chi connectivity index (χ3v) is 4.53. The summed E-state index contributed by atoms with van der Waals surface area (Å²) in [7, 11) is 0. The first-order valence-electron chi connectivity index (χ1n) is 8.15. The first kappa shape index (κ1) is 15.7. The van der Waals surface area contributed by atoms with Gasteiger partial charge in [-0.1, -0.05) is 18.2 Å². The van der Waals surface area contributed by atoms with Crippen LogP contribution < -0.4 is 5.32 Å². The van der Waals surface area contributed by atoms with Gasteiger partial charge in [-0.3, -0.25) is 9.69 Å². The van der Waals surface area contributed by atoms with E-state index in [4.69, 9.17) is 5.10 Å². The predicted molar refractivity (Wildman–Crippen MR) is 90.6 cm³/mol. The van der Waals surface area contributed by atoms with Crippen LogP contribution in [-0.4, -0.2) is 39.7 Å². The Morgan fingerprint density at radius 2 is 1.91 bits per heavy atom. The number of piperazine rings is 1. The molecule has 1 aromatic carbocycles. The maximum Gasteiger partial charge on any atom is 0.242 e. The SMILES string of the molecule is Cc1nn(-c2ccccc2)c(C)c1[C@@H]1C(=O)NCCN1C(C)C. The molecule has 0 unspecified atom stereocenters.